The van der Waals surface area contributed by atoms with Crippen LogP contribution in [0.15, 0.2) is 54.6 Å². The first-order valence-electron chi connectivity index (χ1n) is 8.92. The van der Waals surface area contributed by atoms with Crippen molar-refractivity contribution in [3.8, 4) is 11.1 Å². The second-order valence-electron chi connectivity index (χ2n) is 6.51. The van der Waals surface area contributed by atoms with E-state index in [2.05, 4.69) is 27.4 Å². The lowest BCUT2D eigenvalue weighted by Crippen LogP contribution is -2.31. The van der Waals surface area contributed by atoms with Crippen LogP contribution in [0, 0.1) is 13.8 Å². The van der Waals surface area contributed by atoms with Crippen LogP contribution in [-0.4, -0.2) is 33.5 Å². The molecule has 0 saturated heterocycles. The van der Waals surface area contributed by atoms with Crippen molar-refractivity contribution in [2.24, 2.45) is 0 Å². The van der Waals surface area contributed by atoms with Crippen LogP contribution in [0.4, 0.5) is 0 Å². The smallest absolute Gasteiger partial charge is 0.322 e. The van der Waals surface area contributed by atoms with Crippen molar-refractivity contribution in [3.05, 3.63) is 82.9 Å². The summed E-state index contributed by atoms with van der Waals surface area (Å²) in [5.41, 5.74) is 4.86. The molecule has 1 aromatic heterocycles. The third-order valence-electron chi connectivity index (χ3n) is 4.47. The minimum atomic E-state index is -1.10. The lowest BCUT2D eigenvalue weighted by atomic mass is 10.0. The molecule has 0 radical (unpaired) electrons. The zero-order valence-corrected chi connectivity index (χ0v) is 15.8. The molecule has 0 unspecified atom stereocenters. The van der Waals surface area contributed by atoms with Crippen LogP contribution < -0.4 is 5.32 Å². The van der Waals surface area contributed by atoms with Crippen molar-refractivity contribution >= 4 is 11.9 Å². The number of rotatable bonds is 6. The minimum absolute atomic E-state index is 0.213. The molecule has 0 aliphatic rings. The molecule has 142 valence electrons. The number of aliphatic carboxylic acids is 1. The molecule has 28 heavy (non-hydrogen) atoms. The van der Waals surface area contributed by atoms with E-state index in [-0.39, 0.29) is 5.69 Å². The Balaban J connectivity index is 1.80. The molecule has 0 atom stereocenters. The van der Waals surface area contributed by atoms with Crippen molar-refractivity contribution in [3.63, 3.8) is 0 Å². The molecule has 1 amide bonds. The van der Waals surface area contributed by atoms with E-state index in [1.807, 2.05) is 49.4 Å². The van der Waals surface area contributed by atoms with Gasteiger partial charge in [-0.05, 0) is 30.5 Å². The maximum atomic E-state index is 12.3. The molecule has 6 heteroatoms. The Morgan fingerprint density at radius 1 is 0.929 bits per heavy atom. The van der Waals surface area contributed by atoms with Crippen molar-refractivity contribution in [2.75, 3.05) is 6.54 Å². The molecule has 2 N–H and O–H groups in total. The number of hydrogen-bond donors (Lipinski definition) is 2. The standard InChI is InChI=1S/C22H21N3O3/c1-14-15(2)24-19(25-21(14)22(28)23-13-20(26)27)12-16-8-10-18(11-9-16)17-6-4-3-5-7-17/h3-11H,12-13H2,1-2H3,(H,23,28)(H,26,27). The Morgan fingerprint density at radius 3 is 2.21 bits per heavy atom. The van der Waals surface area contributed by atoms with Gasteiger partial charge in [-0.15, -0.1) is 0 Å². The molecule has 0 bridgehead atoms. The van der Waals surface area contributed by atoms with E-state index in [0.717, 1.165) is 16.7 Å². The van der Waals surface area contributed by atoms with Gasteiger partial charge in [-0.1, -0.05) is 54.6 Å². The molecule has 3 aromatic rings. The Bertz CT molecular complexity index is 1000. The van der Waals surface area contributed by atoms with Gasteiger partial charge in [0, 0.05) is 17.7 Å². The summed E-state index contributed by atoms with van der Waals surface area (Å²) in [6.45, 7) is 3.12. The Labute approximate surface area is 163 Å². The molecule has 0 spiro atoms. The van der Waals surface area contributed by atoms with Gasteiger partial charge < -0.3 is 10.4 Å². The maximum absolute atomic E-state index is 12.3. The van der Waals surface area contributed by atoms with Gasteiger partial charge >= 0.3 is 5.97 Å². The van der Waals surface area contributed by atoms with Crippen LogP contribution in [0.2, 0.25) is 0 Å². The van der Waals surface area contributed by atoms with Crippen molar-refractivity contribution in [1.29, 1.82) is 0 Å². The summed E-state index contributed by atoms with van der Waals surface area (Å²) in [4.78, 5) is 31.8. The van der Waals surface area contributed by atoms with E-state index < -0.39 is 18.4 Å². The molecular formula is C22H21N3O3. The maximum Gasteiger partial charge on any atom is 0.322 e. The highest BCUT2D eigenvalue weighted by atomic mass is 16.4. The molecule has 0 aliphatic heterocycles. The fourth-order valence-corrected chi connectivity index (χ4v) is 2.85. The topological polar surface area (TPSA) is 92.2 Å². The number of aryl methyl sites for hydroxylation is 1. The quantitative estimate of drug-likeness (QED) is 0.690. The lowest BCUT2D eigenvalue weighted by Gasteiger charge is -2.10. The number of aromatic nitrogens is 2. The van der Waals surface area contributed by atoms with Gasteiger partial charge in [0.05, 0.1) is 0 Å². The summed E-state index contributed by atoms with van der Waals surface area (Å²) >= 11 is 0. The van der Waals surface area contributed by atoms with Gasteiger partial charge in [-0.3, -0.25) is 9.59 Å². The average Bonchev–Trinajstić information content (AvgIpc) is 2.70. The van der Waals surface area contributed by atoms with Gasteiger partial charge in [0.2, 0.25) is 0 Å². The zero-order chi connectivity index (χ0) is 20.1. The van der Waals surface area contributed by atoms with Crippen LogP contribution in [0.3, 0.4) is 0 Å². The Kier molecular flexibility index (Phi) is 5.79. The van der Waals surface area contributed by atoms with E-state index in [1.165, 1.54) is 0 Å². The summed E-state index contributed by atoms with van der Waals surface area (Å²) in [7, 11) is 0. The third-order valence-corrected chi connectivity index (χ3v) is 4.47. The normalized spacial score (nSPS) is 10.5. The van der Waals surface area contributed by atoms with Crippen LogP contribution in [0.1, 0.15) is 33.1 Å². The number of carbonyl (C=O) groups excluding carboxylic acids is 1. The summed E-state index contributed by atoms with van der Waals surface area (Å²) in [5.74, 6) is -1.09. The largest absolute Gasteiger partial charge is 0.480 e. The number of hydrogen-bond acceptors (Lipinski definition) is 4. The highest BCUT2D eigenvalue weighted by Crippen LogP contribution is 2.20. The molecule has 0 saturated carbocycles. The van der Waals surface area contributed by atoms with Gasteiger partial charge in [0.1, 0.15) is 18.1 Å². The molecule has 3 rings (SSSR count). The molecule has 0 fully saturated rings. The number of carboxylic acid groups (broad SMARTS) is 1. The molecule has 0 aliphatic carbocycles. The molecule has 6 nitrogen and oxygen atoms in total. The third kappa shape index (κ3) is 4.59. The highest BCUT2D eigenvalue weighted by molar-refractivity contribution is 5.95. The number of benzene rings is 2. The summed E-state index contributed by atoms with van der Waals surface area (Å²) < 4.78 is 0. The molecule has 1 heterocycles. The SMILES string of the molecule is Cc1nc(Cc2ccc(-c3ccccc3)cc2)nc(C(=O)NCC(=O)O)c1C. The summed E-state index contributed by atoms with van der Waals surface area (Å²) in [6, 6.07) is 18.2. The fraction of sp³-hybridized carbons (Fsp3) is 0.182. The predicted molar refractivity (Wildman–Crippen MR) is 106 cm³/mol. The first kappa shape index (κ1) is 19.2. The summed E-state index contributed by atoms with van der Waals surface area (Å²) in [5, 5.41) is 11.1. The van der Waals surface area contributed by atoms with Crippen LogP contribution in [0.5, 0.6) is 0 Å². The molecule has 2 aromatic carbocycles. The summed E-state index contributed by atoms with van der Waals surface area (Å²) in [6.07, 6.45) is 0.482. The minimum Gasteiger partial charge on any atom is -0.480 e. The number of amides is 1. The fourth-order valence-electron chi connectivity index (χ4n) is 2.85. The van der Waals surface area contributed by atoms with Gasteiger partial charge in [-0.2, -0.15) is 0 Å². The average molecular weight is 375 g/mol. The Morgan fingerprint density at radius 2 is 1.57 bits per heavy atom. The number of carbonyl (C=O) groups is 2. The Hall–Kier alpha value is -3.54. The van der Waals surface area contributed by atoms with Crippen LogP contribution in [-0.2, 0) is 11.2 Å². The lowest BCUT2D eigenvalue weighted by molar-refractivity contribution is -0.135. The van der Waals surface area contributed by atoms with Crippen LogP contribution >= 0.6 is 0 Å². The van der Waals surface area contributed by atoms with Crippen molar-refractivity contribution < 1.29 is 14.7 Å². The van der Waals surface area contributed by atoms with E-state index >= 15 is 0 Å². The van der Waals surface area contributed by atoms with Gasteiger partial charge in [-0.25, -0.2) is 9.97 Å². The predicted octanol–water partition coefficient (Wildman–Crippen LogP) is 3.17. The van der Waals surface area contributed by atoms with Crippen molar-refractivity contribution in [1.82, 2.24) is 15.3 Å². The van der Waals surface area contributed by atoms with Crippen LogP contribution in [0.25, 0.3) is 11.1 Å². The van der Waals surface area contributed by atoms with E-state index in [0.29, 0.717) is 23.5 Å². The van der Waals surface area contributed by atoms with Gasteiger partial charge in [0.25, 0.3) is 5.91 Å². The zero-order valence-electron chi connectivity index (χ0n) is 15.8. The first-order chi connectivity index (χ1) is 13.4. The number of carboxylic acids is 1. The van der Waals surface area contributed by atoms with Gasteiger partial charge in [0.15, 0.2) is 0 Å². The number of nitrogens with one attached hydrogen (secondary N) is 1. The second-order valence-corrected chi connectivity index (χ2v) is 6.51. The van der Waals surface area contributed by atoms with E-state index in [4.69, 9.17) is 5.11 Å². The second kappa shape index (κ2) is 8.43. The monoisotopic (exact) mass is 375 g/mol. The van der Waals surface area contributed by atoms with E-state index in [1.54, 1.807) is 6.92 Å². The number of nitrogens with zero attached hydrogens (tertiary/aromatic N) is 2. The van der Waals surface area contributed by atoms with E-state index in [9.17, 15) is 9.59 Å². The molecular weight excluding hydrogens is 354 g/mol. The van der Waals surface area contributed by atoms with Crippen molar-refractivity contribution in [2.45, 2.75) is 20.3 Å². The highest BCUT2D eigenvalue weighted by Gasteiger charge is 2.16. The first-order valence-corrected chi connectivity index (χ1v) is 8.92.